The van der Waals surface area contributed by atoms with Gasteiger partial charge in [-0.3, -0.25) is 0 Å². The number of carboxylic acid groups (broad SMARTS) is 1. The van der Waals surface area contributed by atoms with Crippen LogP contribution in [0.5, 0.6) is 0 Å². The van der Waals surface area contributed by atoms with E-state index in [1.807, 2.05) is 6.92 Å². The molecule has 0 aromatic carbocycles. The highest BCUT2D eigenvalue weighted by atomic mass is 79.9. The fraction of sp³-hybridized carbons (Fsp3) is 0.500. The van der Waals surface area contributed by atoms with Crippen molar-refractivity contribution in [3.63, 3.8) is 0 Å². The molecule has 18 heavy (non-hydrogen) atoms. The Labute approximate surface area is 117 Å². The fourth-order valence-corrected chi connectivity index (χ4v) is 5.36. The number of sulfonamides is 1. The molecular weight excluding hydrogens is 342 g/mol. The van der Waals surface area contributed by atoms with Gasteiger partial charge in [-0.2, -0.15) is 0 Å². The molecule has 1 aliphatic carbocycles. The van der Waals surface area contributed by atoms with Crippen LogP contribution in [0.1, 0.15) is 29.4 Å². The van der Waals surface area contributed by atoms with E-state index in [1.165, 1.54) is 6.07 Å². The summed E-state index contributed by atoms with van der Waals surface area (Å²) in [6.45, 7) is 1.83. The molecular formula is C10H12BrNO4S2. The zero-order valence-corrected chi connectivity index (χ0v) is 12.7. The van der Waals surface area contributed by atoms with Crippen LogP contribution in [0.2, 0.25) is 0 Å². The Balaban J connectivity index is 2.25. The molecule has 1 aromatic heterocycles. The third-order valence-electron chi connectivity index (χ3n) is 2.83. The van der Waals surface area contributed by atoms with Crippen molar-refractivity contribution in [2.24, 2.45) is 5.92 Å². The largest absolute Gasteiger partial charge is 0.477 e. The number of hydrogen-bond acceptors (Lipinski definition) is 4. The maximum Gasteiger partial charge on any atom is 0.345 e. The minimum atomic E-state index is -3.66. The van der Waals surface area contributed by atoms with Gasteiger partial charge in [-0.15, -0.1) is 11.3 Å². The lowest BCUT2D eigenvalue weighted by molar-refractivity contribution is 0.0702. The number of carboxylic acids is 1. The second-order valence-electron chi connectivity index (χ2n) is 4.30. The van der Waals surface area contributed by atoms with Crippen molar-refractivity contribution >= 4 is 43.3 Å². The SMILES string of the molecule is CC(NS(=O)(=O)c1cc(C(=O)O)sc1Br)C1CC1. The van der Waals surface area contributed by atoms with E-state index in [0.29, 0.717) is 9.70 Å². The van der Waals surface area contributed by atoms with Crippen molar-refractivity contribution in [2.45, 2.75) is 30.7 Å². The zero-order valence-electron chi connectivity index (χ0n) is 9.51. The minimum Gasteiger partial charge on any atom is -0.477 e. The Morgan fingerprint density at radius 3 is 2.67 bits per heavy atom. The van der Waals surface area contributed by atoms with Gasteiger partial charge in [0.1, 0.15) is 9.77 Å². The molecule has 0 radical (unpaired) electrons. The average molecular weight is 354 g/mol. The Bertz CT molecular complexity index is 577. The summed E-state index contributed by atoms with van der Waals surface area (Å²) in [6, 6.07) is 1.06. The van der Waals surface area contributed by atoms with Gasteiger partial charge in [0.2, 0.25) is 10.0 Å². The van der Waals surface area contributed by atoms with Crippen LogP contribution >= 0.6 is 27.3 Å². The second kappa shape index (κ2) is 4.92. The first-order chi connectivity index (χ1) is 8.31. The molecule has 0 aliphatic heterocycles. The predicted octanol–water partition coefficient (Wildman–Crippen LogP) is 2.29. The molecule has 1 heterocycles. The van der Waals surface area contributed by atoms with Gasteiger partial charge in [0.25, 0.3) is 0 Å². The monoisotopic (exact) mass is 353 g/mol. The lowest BCUT2D eigenvalue weighted by Crippen LogP contribution is -2.33. The first-order valence-corrected chi connectivity index (χ1v) is 8.45. The van der Waals surface area contributed by atoms with E-state index in [0.717, 1.165) is 24.2 Å². The fourth-order valence-electron chi connectivity index (χ4n) is 1.64. The topological polar surface area (TPSA) is 83.5 Å². The molecule has 0 bridgehead atoms. The summed E-state index contributed by atoms with van der Waals surface area (Å²) in [5, 5.41) is 8.84. The van der Waals surface area contributed by atoms with E-state index in [-0.39, 0.29) is 15.8 Å². The Hall–Kier alpha value is -0.440. The van der Waals surface area contributed by atoms with E-state index in [9.17, 15) is 13.2 Å². The van der Waals surface area contributed by atoms with Gasteiger partial charge in [-0.25, -0.2) is 17.9 Å². The van der Waals surface area contributed by atoms with Crippen LogP contribution in [0.15, 0.2) is 14.7 Å². The third kappa shape index (κ3) is 2.93. The summed E-state index contributed by atoms with van der Waals surface area (Å²) in [5.74, 6) is -0.728. The van der Waals surface area contributed by atoms with Crippen LogP contribution < -0.4 is 4.72 Å². The molecule has 1 fully saturated rings. The molecule has 1 aliphatic rings. The quantitative estimate of drug-likeness (QED) is 0.850. The lowest BCUT2D eigenvalue weighted by Gasteiger charge is -2.12. The van der Waals surface area contributed by atoms with Gasteiger partial charge in [0.05, 0.1) is 3.79 Å². The van der Waals surface area contributed by atoms with Crippen LogP contribution in [-0.2, 0) is 10.0 Å². The molecule has 2 N–H and O–H groups in total. The van der Waals surface area contributed by atoms with Crippen LogP contribution in [0.4, 0.5) is 0 Å². The van der Waals surface area contributed by atoms with Crippen molar-refractivity contribution in [1.29, 1.82) is 0 Å². The van der Waals surface area contributed by atoms with E-state index < -0.39 is 16.0 Å². The molecule has 1 unspecified atom stereocenters. The highest BCUT2D eigenvalue weighted by molar-refractivity contribution is 9.11. The van der Waals surface area contributed by atoms with Crippen molar-refractivity contribution in [1.82, 2.24) is 4.72 Å². The minimum absolute atomic E-state index is 0.00123. The molecule has 1 aromatic rings. The molecule has 0 amide bonds. The Morgan fingerprint density at radius 2 is 2.22 bits per heavy atom. The average Bonchev–Trinajstić information content (AvgIpc) is 3.00. The highest BCUT2D eigenvalue weighted by Crippen LogP contribution is 2.35. The van der Waals surface area contributed by atoms with Crippen molar-refractivity contribution < 1.29 is 18.3 Å². The predicted molar refractivity (Wildman–Crippen MR) is 71.5 cm³/mol. The van der Waals surface area contributed by atoms with E-state index in [1.54, 1.807) is 0 Å². The number of aromatic carboxylic acids is 1. The first-order valence-electron chi connectivity index (χ1n) is 5.36. The van der Waals surface area contributed by atoms with Gasteiger partial charge in [0.15, 0.2) is 0 Å². The molecule has 5 nitrogen and oxygen atoms in total. The molecule has 1 atom stereocenters. The summed E-state index contributed by atoms with van der Waals surface area (Å²) < 4.78 is 27.1. The Kier molecular flexibility index (Phi) is 3.82. The Morgan fingerprint density at radius 1 is 1.61 bits per heavy atom. The number of hydrogen-bond donors (Lipinski definition) is 2. The number of nitrogens with one attached hydrogen (secondary N) is 1. The highest BCUT2D eigenvalue weighted by Gasteiger charge is 2.32. The van der Waals surface area contributed by atoms with Crippen molar-refractivity contribution in [3.05, 3.63) is 14.7 Å². The number of carbonyl (C=O) groups is 1. The maximum absolute atomic E-state index is 12.1. The van der Waals surface area contributed by atoms with E-state index >= 15 is 0 Å². The molecule has 2 rings (SSSR count). The smallest absolute Gasteiger partial charge is 0.345 e. The normalized spacial score (nSPS) is 17.7. The number of halogens is 1. The van der Waals surface area contributed by atoms with Crippen LogP contribution in [0, 0.1) is 5.92 Å². The number of rotatable bonds is 5. The van der Waals surface area contributed by atoms with Crippen molar-refractivity contribution in [3.8, 4) is 0 Å². The zero-order chi connectivity index (χ0) is 13.5. The summed E-state index contributed by atoms with van der Waals surface area (Å²) in [4.78, 5) is 10.8. The molecule has 1 saturated carbocycles. The van der Waals surface area contributed by atoms with E-state index in [2.05, 4.69) is 20.7 Å². The summed E-state index contributed by atoms with van der Waals surface area (Å²) >= 11 is 4.00. The first kappa shape index (κ1) is 14.0. The third-order valence-corrected chi connectivity index (χ3v) is 6.62. The van der Waals surface area contributed by atoms with Gasteiger partial charge < -0.3 is 5.11 Å². The second-order valence-corrected chi connectivity index (χ2v) is 8.35. The van der Waals surface area contributed by atoms with Crippen molar-refractivity contribution in [2.75, 3.05) is 0 Å². The summed E-state index contributed by atoms with van der Waals surface area (Å²) in [7, 11) is -3.66. The van der Waals surface area contributed by atoms with Gasteiger partial charge in [0, 0.05) is 6.04 Å². The molecule has 0 spiro atoms. The van der Waals surface area contributed by atoms with Crippen LogP contribution in [-0.4, -0.2) is 25.5 Å². The molecule has 8 heteroatoms. The number of thiophene rings is 1. The van der Waals surface area contributed by atoms with E-state index in [4.69, 9.17) is 5.11 Å². The standard InChI is InChI=1S/C10H12BrNO4S2/c1-5(6-2-3-6)12-18(15,16)8-4-7(10(13)14)17-9(8)11/h4-6,12H,2-3H2,1H3,(H,13,14). The lowest BCUT2D eigenvalue weighted by atomic mass is 10.2. The summed E-state index contributed by atoms with van der Waals surface area (Å²) in [6.07, 6.45) is 2.07. The molecule has 100 valence electrons. The maximum atomic E-state index is 12.1. The van der Waals surface area contributed by atoms with Gasteiger partial charge >= 0.3 is 5.97 Å². The molecule has 0 saturated heterocycles. The van der Waals surface area contributed by atoms with Crippen LogP contribution in [0.25, 0.3) is 0 Å². The van der Waals surface area contributed by atoms with Crippen LogP contribution in [0.3, 0.4) is 0 Å². The van der Waals surface area contributed by atoms with Gasteiger partial charge in [-0.1, -0.05) is 0 Å². The summed E-state index contributed by atoms with van der Waals surface area (Å²) in [5.41, 5.74) is 0. The van der Waals surface area contributed by atoms with Gasteiger partial charge in [-0.05, 0) is 47.7 Å².